The van der Waals surface area contributed by atoms with Crippen molar-refractivity contribution in [2.75, 3.05) is 0 Å². The van der Waals surface area contributed by atoms with Crippen LogP contribution in [0.4, 0.5) is 5.69 Å². The molecule has 2 heterocycles. The van der Waals surface area contributed by atoms with Gasteiger partial charge in [0.25, 0.3) is 5.91 Å². The Hall–Kier alpha value is -3.55. The maximum Gasteiger partial charge on any atom is 0.312 e. The highest BCUT2D eigenvalue weighted by atomic mass is 16.6. The van der Waals surface area contributed by atoms with Gasteiger partial charge in [0.2, 0.25) is 0 Å². The van der Waals surface area contributed by atoms with Crippen molar-refractivity contribution >= 4 is 11.6 Å². The van der Waals surface area contributed by atoms with Crippen LogP contribution in [0.15, 0.2) is 48.8 Å². The predicted molar refractivity (Wildman–Crippen MR) is 99.3 cm³/mol. The SMILES string of the molecule is Cc1nn(Cc2ccc(C(=O)NCc3cccnc3)cc2)c(C)c1[N+](=O)[O-]. The van der Waals surface area contributed by atoms with Crippen LogP contribution in [0.2, 0.25) is 0 Å². The molecule has 0 saturated heterocycles. The highest BCUT2D eigenvalue weighted by Crippen LogP contribution is 2.22. The zero-order valence-corrected chi connectivity index (χ0v) is 15.0. The summed E-state index contributed by atoms with van der Waals surface area (Å²) in [4.78, 5) is 26.9. The van der Waals surface area contributed by atoms with Crippen LogP contribution in [-0.2, 0) is 13.1 Å². The molecule has 3 aromatic rings. The van der Waals surface area contributed by atoms with E-state index in [9.17, 15) is 14.9 Å². The first-order valence-corrected chi connectivity index (χ1v) is 8.40. The third-order valence-corrected chi connectivity index (χ3v) is 4.25. The van der Waals surface area contributed by atoms with E-state index < -0.39 is 4.92 Å². The number of carbonyl (C=O) groups is 1. The molecule has 1 amide bonds. The first-order chi connectivity index (χ1) is 13.0. The molecule has 1 N–H and O–H groups in total. The quantitative estimate of drug-likeness (QED) is 0.534. The molecule has 0 spiro atoms. The molecule has 0 saturated carbocycles. The highest BCUT2D eigenvalue weighted by molar-refractivity contribution is 5.94. The van der Waals surface area contributed by atoms with Crippen molar-refractivity contribution in [3.05, 3.63) is 87.0 Å². The van der Waals surface area contributed by atoms with Crippen molar-refractivity contribution in [1.29, 1.82) is 0 Å². The number of rotatable bonds is 6. The van der Waals surface area contributed by atoms with Crippen molar-refractivity contribution in [3.63, 3.8) is 0 Å². The average molecular weight is 365 g/mol. The molecule has 0 unspecified atom stereocenters. The molecule has 138 valence electrons. The Morgan fingerprint density at radius 2 is 1.93 bits per heavy atom. The summed E-state index contributed by atoms with van der Waals surface area (Å²) < 4.78 is 1.60. The Bertz CT molecular complexity index is 965. The second-order valence-corrected chi connectivity index (χ2v) is 6.18. The van der Waals surface area contributed by atoms with E-state index in [4.69, 9.17) is 0 Å². The summed E-state index contributed by atoms with van der Waals surface area (Å²) in [5, 5.41) is 18.2. The Labute approximate surface area is 156 Å². The lowest BCUT2D eigenvalue weighted by molar-refractivity contribution is -0.386. The zero-order chi connectivity index (χ0) is 19.4. The topological polar surface area (TPSA) is 103 Å². The number of nitrogens with zero attached hydrogens (tertiary/aromatic N) is 4. The number of amides is 1. The fourth-order valence-corrected chi connectivity index (χ4v) is 2.83. The number of hydrogen-bond donors (Lipinski definition) is 1. The molecule has 8 nitrogen and oxygen atoms in total. The lowest BCUT2D eigenvalue weighted by Crippen LogP contribution is -2.22. The van der Waals surface area contributed by atoms with Crippen LogP contribution in [0.1, 0.15) is 32.9 Å². The minimum absolute atomic E-state index is 0.0430. The second kappa shape index (κ2) is 7.77. The van der Waals surface area contributed by atoms with E-state index in [0.29, 0.717) is 30.0 Å². The molecule has 0 aliphatic rings. The Morgan fingerprint density at radius 1 is 1.19 bits per heavy atom. The molecule has 0 bridgehead atoms. The summed E-state index contributed by atoms with van der Waals surface area (Å²) in [6.45, 7) is 4.11. The van der Waals surface area contributed by atoms with Gasteiger partial charge in [-0.05, 0) is 43.2 Å². The van der Waals surface area contributed by atoms with E-state index in [1.165, 1.54) is 0 Å². The number of pyridine rings is 1. The van der Waals surface area contributed by atoms with E-state index >= 15 is 0 Å². The molecule has 0 aliphatic heterocycles. The maximum absolute atomic E-state index is 12.2. The summed E-state index contributed by atoms with van der Waals surface area (Å²) in [7, 11) is 0. The van der Waals surface area contributed by atoms with E-state index in [1.54, 1.807) is 43.1 Å². The number of hydrogen-bond acceptors (Lipinski definition) is 5. The highest BCUT2D eigenvalue weighted by Gasteiger charge is 2.21. The van der Waals surface area contributed by atoms with Crippen LogP contribution in [0.25, 0.3) is 0 Å². The van der Waals surface area contributed by atoms with E-state index in [0.717, 1.165) is 11.1 Å². The Kier molecular flexibility index (Phi) is 5.25. The third-order valence-electron chi connectivity index (χ3n) is 4.25. The monoisotopic (exact) mass is 365 g/mol. The largest absolute Gasteiger partial charge is 0.348 e. The summed E-state index contributed by atoms with van der Waals surface area (Å²) in [5.74, 6) is -0.174. The molecule has 0 fully saturated rings. The van der Waals surface area contributed by atoms with Gasteiger partial charge in [-0.1, -0.05) is 18.2 Å². The first-order valence-electron chi connectivity index (χ1n) is 8.40. The molecule has 0 atom stereocenters. The van der Waals surface area contributed by atoms with Gasteiger partial charge < -0.3 is 5.32 Å². The first kappa shape index (κ1) is 18.2. The molecule has 8 heteroatoms. The lowest BCUT2D eigenvalue weighted by atomic mass is 10.1. The molecule has 0 radical (unpaired) electrons. The maximum atomic E-state index is 12.2. The van der Waals surface area contributed by atoms with Gasteiger partial charge in [0, 0.05) is 24.5 Å². The average Bonchev–Trinajstić information content (AvgIpc) is 2.94. The van der Waals surface area contributed by atoms with Gasteiger partial charge in [-0.3, -0.25) is 24.6 Å². The van der Waals surface area contributed by atoms with Crippen LogP contribution in [0, 0.1) is 24.0 Å². The predicted octanol–water partition coefficient (Wildman–Crippen LogP) is 2.78. The summed E-state index contributed by atoms with van der Waals surface area (Å²) in [6, 6.07) is 10.8. The van der Waals surface area contributed by atoms with E-state index in [1.807, 2.05) is 24.3 Å². The summed E-state index contributed by atoms with van der Waals surface area (Å²) in [6.07, 6.45) is 3.39. The van der Waals surface area contributed by atoms with Crippen molar-refractivity contribution in [3.8, 4) is 0 Å². The van der Waals surface area contributed by atoms with Crippen molar-refractivity contribution in [2.24, 2.45) is 0 Å². The van der Waals surface area contributed by atoms with Gasteiger partial charge in [0.1, 0.15) is 11.4 Å². The number of aromatic nitrogens is 3. The second-order valence-electron chi connectivity index (χ2n) is 6.18. The zero-order valence-electron chi connectivity index (χ0n) is 15.0. The van der Waals surface area contributed by atoms with Crippen LogP contribution >= 0.6 is 0 Å². The fourth-order valence-electron chi connectivity index (χ4n) is 2.83. The number of nitrogens with one attached hydrogen (secondary N) is 1. The smallest absolute Gasteiger partial charge is 0.312 e. The van der Waals surface area contributed by atoms with E-state index in [2.05, 4.69) is 15.4 Å². The lowest BCUT2D eigenvalue weighted by Gasteiger charge is -2.07. The Morgan fingerprint density at radius 3 is 2.52 bits per heavy atom. The van der Waals surface area contributed by atoms with Gasteiger partial charge in [0.15, 0.2) is 0 Å². The number of carbonyl (C=O) groups excluding carboxylic acids is 1. The fraction of sp³-hybridized carbons (Fsp3) is 0.211. The van der Waals surface area contributed by atoms with Gasteiger partial charge in [-0.25, -0.2) is 0 Å². The molecule has 3 rings (SSSR count). The van der Waals surface area contributed by atoms with Crippen LogP contribution in [0.5, 0.6) is 0 Å². The van der Waals surface area contributed by atoms with Gasteiger partial charge >= 0.3 is 5.69 Å². The number of aryl methyl sites for hydroxylation is 1. The van der Waals surface area contributed by atoms with Crippen molar-refractivity contribution in [2.45, 2.75) is 26.9 Å². The standard InChI is InChI=1S/C19H19N5O3/c1-13-18(24(26)27)14(2)23(22-13)12-15-5-7-17(8-6-15)19(25)21-11-16-4-3-9-20-10-16/h3-10H,11-12H2,1-2H3,(H,21,25). The molecular formula is C19H19N5O3. The summed E-state index contributed by atoms with van der Waals surface area (Å²) in [5.41, 5.74) is 3.32. The Balaban J connectivity index is 1.66. The van der Waals surface area contributed by atoms with E-state index in [-0.39, 0.29) is 11.6 Å². The van der Waals surface area contributed by atoms with Gasteiger partial charge in [0.05, 0.1) is 11.5 Å². The van der Waals surface area contributed by atoms with Crippen molar-refractivity contribution in [1.82, 2.24) is 20.1 Å². The minimum Gasteiger partial charge on any atom is -0.348 e. The van der Waals surface area contributed by atoms with Crippen LogP contribution < -0.4 is 5.32 Å². The molecule has 2 aromatic heterocycles. The minimum atomic E-state index is -0.413. The van der Waals surface area contributed by atoms with Gasteiger partial charge in [-0.2, -0.15) is 5.10 Å². The molecular weight excluding hydrogens is 346 g/mol. The molecule has 27 heavy (non-hydrogen) atoms. The normalized spacial score (nSPS) is 10.6. The van der Waals surface area contributed by atoms with Crippen LogP contribution in [0.3, 0.4) is 0 Å². The summed E-state index contributed by atoms with van der Waals surface area (Å²) >= 11 is 0. The molecule has 0 aliphatic carbocycles. The third kappa shape index (κ3) is 4.17. The number of benzene rings is 1. The van der Waals surface area contributed by atoms with Gasteiger partial charge in [-0.15, -0.1) is 0 Å². The van der Waals surface area contributed by atoms with Crippen LogP contribution in [-0.4, -0.2) is 25.6 Å². The van der Waals surface area contributed by atoms with Crippen molar-refractivity contribution < 1.29 is 9.72 Å². The number of nitro groups is 1. The molecule has 1 aromatic carbocycles.